The van der Waals surface area contributed by atoms with Gasteiger partial charge in [-0.3, -0.25) is 0 Å². The number of hydrogen-bond donors (Lipinski definition) is 2. The monoisotopic (exact) mass is 255 g/mol. The largest absolute Gasteiger partial charge is 0.369 e. The number of hydrogen-bond acceptors (Lipinski definition) is 4. The molecule has 0 radical (unpaired) electrons. The highest BCUT2D eigenvalue weighted by molar-refractivity contribution is 7.89. The number of nitrogens with zero attached hydrogens (tertiary/aromatic N) is 1. The van der Waals surface area contributed by atoms with E-state index in [0.717, 1.165) is 32.6 Å². The number of sulfonamides is 1. The molecular weight excluding hydrogens is 238 g/mol. The summed E-state index contributed by atoms with van der Waals surface area (Å²) in [6, 6.07) is 6.90. The van der Waals surface area contributed by atoms with Gasteiger partial charge >= 0.3 is 0 Å². The van der Waals surface area contributed by atoms with E-state index in [1.807, 2.05) is 12.1 Å². The van der Waals surface area contributed by atoms with Crippen molar-refractivity contribution in [3.63, 3.8) is 0 Å². The van der Waals surface area contributed by atoms with Crippen LogP contribution in [0.3, 0.4) is 0 Å². The second-order valence-electron chi connectivity index (χ2n) is 4.10. The Morgan fingerprint density at radius 1 is 1.18 bits per heavy atom. The molecule has 3 N–H and O–H groups in total. The maximum atomic E-state index is 11.5. The molecule has 5 nitrogen and oxygen atoms in total. The fraction of sp³-hybridized carbons (Fsp3) is 0.455. The molecule has 1 saturated heterocycles. The van der Waals surface area contributed by atoms with E-state index >= 15 is 0 Å². The molecule has 1 fully saturated rings. The van der Waals surface area contributed by atoms with Gasteiger partial charge in [0.1, 0.15) is 4.90 Å². The fourth-order valence-corrected chi connectivity index (χ4v) is 2.80. The fourth-order valence-electron chi connectivity index (χ4n) is 2.05. The first-order valence-electron chi connectivity index (χ1n) is 5.66. The van der Waals surface area contributed by atoms with Gasteiger partial charge in [0.2, 0.25) is 10.0 Å². The predicted molar refractivity (Wildman–Crippen MR) is 67.5 cm³/mol. The summed E-state index contributed by atoms with van der Waals surface area (Å²) in [5, 5.41) is 8.52. The van der Waals surface area contributed by atoms with Crippen molar-refractivity contribution in [1.82, 2.24) is 5.32 Å². The topological polar surface area (TPSA) is 75.4 Å². The second-order valence-corrected chi connectivity index (χ2v) is 5.63. The van der Waals surface area contributed by atoms with Gasteiger partial charge in [0.15, 0.2) is 0 Å². The highest BCUT2D eigenvalue weighted by Gasteiger charge is 2.18. The summed E-state index contributed by atoms with van der Waals surface area (Å²) in [5.41, 5.74) is 0.707. The van der Waals surface area contributed by atoms with Crippen LogP contribution in [0.25, 0.3) is 0 Å². The van der Waals surface area contributed by atoms with E-state index in [2.05, 4.69) is 10.2 Å². The first-order valence-corrected chi connectivity index (χ1v) is 7.21. The molecule has 2 rings (SSSR count). The smallest absolute Gasteiger partial charge is 0.240 e. The van der Waals surface area contributed by atoms with Crippen LogP contribution in [0.2, 0.25) is 0 Å². The van der Waals surface area contributed by atoms with Crippen LogP contribution in [0.1, 0.15) is 6.42 Å². The Morgan fingerprint density at radius 2 is 1.94 bits per heavy atom. The lowest BCUT2D eigenvalue weighted by molar-refractivity contribution is 0.597. The van der Waals surface area contributed by atoms with E-state index in [4.69, 9.17) is 5.14 Å². The number of anilines is 1. The zero-order chi connectivity index (χ0) is 12.3. The van der Waals surface area contributed by atoms with Gasteiger partial charge in [0.05, 0.1) is 5.69 Å². The summed E-state index contributed by atoms with van der Waals surface area (Å²) < 4.78 is 23.0. The molecule has 6 heteroatoms. The van der Waals surface area contributed by atoms with Gasteiger partial charge in [0, 0.05) is 19.6 Å². The van der Waals surface area contributed by atoms with Crippen LogP contribution in [0, 0.1) is 0 Å². The number of nitrogens with one attached hydrogen (secondary N) is 1. The van der Waals surface area contributed by atoms with Gasteiger partial charge in [-0.2, -0.15) is 0 Å². The van der Waals surface area contributed by atoms with Crippen molar-refractivity contribution in [2.75, 3.05) is 31.1 Å². The molecule has 17 heavy (non-hydrogen) atoms. The van der Waals surface area contributed by atoms with Crippen LogP contribution in [0.4, 0.5) is 5.69 Å². The number of benzene rings is 1. The third-order valence-electron chi connectivity index (χ3n) is 2.85. The minimum atomic E-state index is -3.66. The van der Waals surface area contributed by atoms with Crippen LogP contribution in [-0.2, 0) is 10.0 Å². The normalized spacial score (nSPS) is 17.8. The molecule has 1 aromatic rings. The maximum Gasteiger partial charge on any atom is 0.240 e. The summed E-state index contributed by atoms with van der Waals surface area (Å²) in [5.74, 6) is 0. The molecule has 1 aliphatic rings. The van der Waals surface area contributed by atoms with Gasteiger partial charge < -0.3 is 10.2 Å². The first kappa shape index (κ1) is 12.3. The quantitative estimate of drug-likeness (QED) is 0.788. The summed E-state index contributed by atoms with van der Waals surface area (Å²) in [4.78, 5) is 2.28. The van der Waals surface area contributed by atoms with Crippen molar-refractivity contribution in [3.8, 4) is 0 Å². The van der Waals surface area contributed by atoms with Gasteiger partial charge in [-0.15, -0.1) is 0 Å². The predicted octanol–water partition coefficient (Wildman–Crippen LogP) is 0.134. The van der Waals surface area contributed by atoms with Gasteiger partial charge in [-0.1, -0.05) is 12.1 Å². The van der Waals surface area contributed by atoms with Gasteiger partial charge in [-0.05, 0) is 25.1 Å². The van der Waals surface area contributed by atoms with Crippen molar-refractivity contribution in [2.24, 2.45) is 5.14 Å². The standard InChI is InChI=1S/C11H17N3O2S/c12-17(15,16)11-5-2-1-4-10(11)14-8-3-6-13-7-9-14/h1-2,4-5,13H,3,6-9H2,(H2,12,15,16). The molecular formula is C11H17N3O2S. The number of rotatable bonds is 2. The zero-order valence-corrected chi connectivity index (χ0v) is 10.4. The van der Waals surface area contributed by atoms with Gasteiger partial charge in [-0.25, -0.2) is 13.6 Å². The molecule has 1 aliphatic heterocycles. The summed E-state index contributed by atoms with van der Waals surface area (Å²) in [6.45, 7) is 3.47. The Balaban J connectivity index is 2.37. The molecule has 0 aromatic heterocycles. The van der Waals surface area contributed by atoms with E-state index in [-0.39, 0.29) is 4.90 Å². The van der Waals surface area contributed by atoms with Crippen LogP contribution in [-0.4, -0.2) is 34.6 Å². The summed E-state index contributed by atoms with van der Waals surface area (Å²) in [7, 11) is -3.66. The lowest BCUT2D eigenvalue weighted by Crippen LogP contribution is -2.29. The van der Waals surface area contributed by atoms with E-state index in [0.29, 0.717) is 5.69 Å². The molecule has 0 bridgehead atoms. The molecule has 1 heterocycles. The molecule has 0 atom stereocenters. The van der Waals surface area contributed by atoms with E-state index in [1.54, 1.807) is 12.1 Å². The molecule has 0 spiro atoms. The Kier molecular flexibility index (Phi) is 3.66. The van der Waals surface area contributed by atoms with E-state index < -0.39 is 10.0 Å². The van der Waals surface area contributed by atoms with E-state index in [1.165, 1.54) is 0 Å². The molecule has 0 saturated carbocycles. The van der Waals surface area contributed by atoms with Crippen molar-refractivity contribution in [1.29, 1.82) is 0 Å². The summed E-state index contributed by atoms with van der Waals surface area (Å²) >= 11 is 0. The molecule has 1 aromatic carbocycles. The lowest BCUT2D eigenvalue weighted by Gasteiger charge is -2.24. The van der Waals surface area contributed by atoms with Crippen LogP contribution in [0.15, 0.2) is 29.2 Å². The average Bonchev–Trinajstić information content (AvgIpc) is 2.56. The Bertz CT molecular complexity index is 479. The minimum Gasteiger partial charge on any atom is -0.369 e. The zero-order valence-electron chi connectivity index (χ0n) is 9.59. The molecule has 0 amide bonds. The highest BCUT2D eigenvalue weighted by Crippen LogP contribution is 2.24. The van der Waals surface area contributed by atoms with Crippen LogP contribution in [0.5, 0.6) is 0 Å². The van der Waals surface area contributed by atoms with Crippen molar-refractivity contribution in [2.45, 2.75) is 11.3 Å². The number of para-hydroxylation sites is 1. The van der Waals surface area contributed by atoms with Crippen LogP contribution < -0.4 is 15.4 Å². The average molecular weight is 255 g/mol. The third-order valence-corrected chi connectivity index (χ3v) is 3.81. The Labute approximate surface area is 102 Å². The number of nitrogens with two attached hydrogens (primary N) is 1. The second kappa shape index (κ2) is 5.03. The van der Waals surface area contributed by atoms with Crippen molar-refractivity contribution >= 4 is 15.7 Å². The lowest BCUT2D eigenvalue weighted by atomic mass is 10.2. The minimum absolute atomic E-state index is 0.210. The highest BCUT2D eigenvalue weighted by atomic mass is 32.2. The van der Waals surface area contributed by atoms with E-state index in [9.17, 15) is 8.42 Å². The Hall–Kier alpha value is -1.11. The van der Waals surface area contributed by atoms with Crippen molar-refractivity contribution in [3.05, 3.63) is 24.3 Å². The SMILES string of the molecule is NS(=O)(=O)c1ccccc1N1CCCNCC1. The first-order chi connectivity index (χ1) is 8.09. The third kappa shape index (κ3) is 2.96. The summed E-state index contributed by atoms with van der Waals surface area (Å²) in [6.07, 6.45) is 0.999. The number of primary sulfonamides is 1. The molecule has 0 unspecified atom stereocenters. The van der Waals surface area contributed by atoms with Crippen LogP contribution >= 0.6 is 0 Å². The Morgan fingerprint density at radius 3 is 2.71 bits per heavy atom. The van der Waals surface area contributed by atoms with Gasteiger partial charge in [0.25, 0.3) is 0 Å². The maximum absolute atomic E-state index is 11.5. The van der Waals surface area contributed by atoms with Crippen molar-refractivity contribution < 1.29 is 8.42 Å². The molecule has 0 aliphatic carbocycles. The molecule has 94 valence electrons.